The molecular weight excluding hydrogens is 320 g/mol. The number of furan rings is 1. The number of hydrogen-bond donors (Lipinski definition) is 0. The van der Waals surface area contributed by atoms with E-state index in [1.165, 1.54) is 21.7 Å². The summed E-state index contributed by atoms with van der Waals surface area (Å²) in [6.07, 6.45) is 4.02. The van der Waals surface area contributed by atoms with Crippen molar-refractivity contribution in [2.75, 3.05) is 0 Å². The maximum atomic E-state index is 6.36. The maximum Gasteiger partial charge on any atom is 0.334 e. The van der Waals surface area contributed by atoms with E-state index in [4.69, 9.17) is 9.40 Å². The van der Waals surface area contributed by atoms with E-state index in [9.17, 15) is 0 Å². The summed E-state index contributed by atoms with van der Waals surface area (Å²) in [4.78, 5) is 4.74. The average Bonchev–Trinajstić information content (AvgIpc) is 3.03. The molecule has 0 unspecified atom stereocenters. The topological polar surface area (TPSA) is 29.9 Å². The lowest BCUT2D eigenvalue weighted by atomic mass is 9.94. The van der Waals surface area contributed by atoms with Crippen molar-refractivity contribution in [2.45, 2.75) is 13.8 Å². The van der Waals surface area contributed by atoms with Gasteiger partial charge in [0, 0.05) is 16.3 Å². The molecule has 5 rings (SSSR count). The molecule has 0 spiro atoms. The zero-order valence-electron chi connectivity index (χ0n) is 15.1. The molecule has 26 heavy (non-hydrogen) atoms. The summed E-state index contributed by atoms with van der Waals surface area (Å²) in [5.41, 5.74) is 5.22. The van der Waals surface area contributed by atoms with Gasteiger partial charge in [-0.1, -0.05) is 42.5 Å². The summed E-state index contributed by atoms with van der Waals surface area (Å²) in [5.74, 6) is 0.919. The zero-order chi connectivity index (χ0) is 17.8. The molecule has 0 atom stereocenters. The monoisotopic (exact) mass is 339 g/mol. The Kier molecular flexibility index (Phi) is 3.13. The van der Waals surface area contributed by atoms with Crippen LogP contribution in [-0.4, -0.2) is 4.98 Å². The molecule has 3 heteroatoms. The van der Waals surface area contributed by atoms with Gasteiger partial charge in [-0.15, -0.1) is 0 Å². The minimum absolute atomic E-state index is 0.911. The molecule has 0 aliphatic heterocycles. The van der Waals surface area contributed by atoms with Gasteiger partial charge in [0.15, 0.2) is 5.58 Å². The van der Waals surface area contributed by atoms with E-state index in [-0.39, 0.29) is 0 Å². The molecule has 0 fully saturated rings. The molecule has 0 aliphatic rings. The highest BCUT2D eigenvalue weighted by molar-refractivity contribution is 6.23. The number of fused-ring (bicyclic) bond motifs is 5. The van der Waals surface area contributed by atoms with Crippen LogP contribution < -0.4 is 4.57 Å². The van der Waals surface area contributed by atoms with Gasteiger partial charge in [0.05, 0.1) is 13.2 Å². The third-order valence-corrected chi connectivity index (χ3v) is 5.14. The van der Waals surface area contributed by atoms with Gasteiger partial charge in [0.25, 0.3) is 0 Å². The first-order chi connectivity index (χ1) is 12.6. The molecule has 0 radical (unpaired) electrons. The van der Waals surface area contributed by atoms with Crippen molar-refractivity contribution >= 4 is 32.7 Å². The third kappa shape index (κ3) is 2.00. The second kappa shape index (κ2) is 5.40. The first-order valence-electron chi connectivity index (χ1n) is 8.80. The fraction of sp³-hybridized carbons (Fsp3) is 0.130. The summed E-state index contributed by atoms with van der Waals surface area (Å²) in [6.45, 7) is 4.21. The molecule has 0 saturated carbocycles. The molecule has 2 heterocycles. The van der Waals surface area contributed by atoms with Gasteiger partial charge in [-0.3, -0.25) is 0 Å². The lowest BCUT2D eigenvalue weighted by molar-refractivity contribution is -0.663. The van der Waals surface area contributed by atoms with Gasteiger partial charge in [-0.05, 0) is 41.2 Å². The van der Waals surface area contributed by atoms with Crippen LogP contribution in [0, 0.1) is 13.8 Å². The Morgan fingerprint density at radius 1 is 0.885 bits per heavy atom. The van der Waals surface area contributed by atoms with Gasteiger partial charge in [-0.2, -0.15) is 0 Å². The summed E-state index contributed by atoms with van der Waals surface area (Å²) < 4.78 is 8.44. The minimum Gasteiger partial charge on any atom is -0.455 e. The highest BCUT2D eigenvalue weighted by Gasteiger charge is 2.25. The molecule has 3 nitrogen and oxygen atoms in total. The van der Waals surface area contributed by atoms with E-state index < -0.39 is 0 Å². The number of rotatable bonds is 1. The van der Waals surface area contributed by atoms with E-state index in [0.29, 0.717) is 0 Å². The quantitative estimate of drug-likeness (QED) is 0.391. The highest BCUT2D eigenvalue weighted by atomic mass is 16.3. The Hall–Kier alpha value is -3.20. The summed E-state index contributed by atoms with van der Waals surface area (Å²) >= 11 is 0. The van der Waals surface area contributed by atoms with E-state index in [1.807, 2.05) is 25.4 Å². The minimum atomic E-state index is 0.911. The Morgan fingerprint density at radius 3 is 2.35 bits per heavy atom. The van der Waals surface area contributed by atoms with Crippen molar-refractivity contribution in [2.24, 2.45) is 7.05 Å². The van der Waals surface area contributed by atoms with Crippen LogP contribution in [-0.2, 0) is 7.05 Å². The molecule has 3 aromatic carbocycles. The first-order valence-corrected chi connectivity index (χ1v) is 8.80. The molecular formula is C23H19N2O+. The number of aromatic nitrogens is 2. The van der Waals surface area contributed by atoms with Crippen LogP contribution in [0.2, 0.25) is 0 Å². The van der Waals surface area contributed by atoms with Crippen LogP contribution >= 0.6 is 0 Å². The van der Waals surface area contributed by atoms with Crippen molar-refractivity contribution < 1.29 is 8.98 Å². The molecule has 0 N–H and O–H groups in total. The second-order valence-electron chi connectivity index (χ2n) is 6.91. The van der Waals surface area contributed by atoms with Crippen molar-refractivity contribution in [3.63, 3.8) is 0 Å². The van der Waals surface area contributed by atoms with Gasteiger partial charge >= 0.3 is 5.82 Å². The van der Waals surface area contributed by atoms with Gasteiger partial charge in [0.2, 0.25) is 0 Å². The van der Waals surface area contributed by atoms with E-state index in [1.54, 1.807) is 0 Å². The van der Waals surface area contributed by atoms with Crippen LogP contribution in [0.4, 0.5) is 0 Å². The summed E-state index contributed by atoms with van der Waals surface area (Å²) in [7, 11) is 2.04. The van der Waals surface area contributed by atoms with Crippen LogP contribution in [0.5, 0.6) is 0 Å². The Morgan fingerprint density at radius 2 is 1.58 bits per heavy atom. The van der Waals surface area contributed by atoms with Crippen molar-refractivity contribution in [3.05, 3.63) is 72.1 Å². The fourth-order valence-corrected chi connectivity index (χ4v) is 3.99. The highest BCUT2D eigenvalue weighted by Crippen LogP contribution is 2.42. The zero-order valence-corrected chi connectivity index (χ0v) is 15.1. The van der Waals surface area contributed by atoms with Crippen molar-refractivity contribution in [1.82, 2.24) is 4.98 Å². The predicted molar refractivity (Wildman–Crippen MR) is 105 cm³/mol. The number of aryl methyl sites for hydroxylation is 3. The third-order valence-electron chi connectivity index (χ3n) is 5.14. The van der Waals surface area contributed by atoms with Crippen LogP contribution in [0.3, 0.4) is 0 Å². The molecule has 0 saturated heterocycles. The maximum absolute atomic E-state index is 6.36. The van der Waals surface area contributed by atoms with E-state index in [0.717, 1.165) is 33.5 Å². The normalized spacial score (nSPS) is 11.7. The standard InChI is InChI=1S/C23H19N2O/c1-14-12-24-23(25(3)13-14)20-15(2)16-8-4-5-9-17(16)21-18-10-6-7-11-19(18)26-22(20)21/h4-13H,1-3H3/q+1. The molecule has 0 bridgehead atoms. The van der Waals surface area contributed by atoms with Crippen LogP contribution in [0.15, 0.2) is 65.3 Å². The number of hydrogen-bond acceptors (Lipinski definition) is 2. The lowest BCUT2D eigenvalue weighted by Gasteiger charge is -2.09. The van der Waals surface area contributed by atoms with E-state index >= 15 is 0 Å². The van der Waals surface area contributed by atoms with Gasteiger partial charge in [-0.25, -0.2) is 4.57 Å². The SMILES string of the molecule is Cc1cnc(-c2c(C)c3ccccc3c3c2oc2ccccc23)[n+](C)c1. The molecule has 2 aromatic heterocycles. The van der Waals surface area contributed by atoms with Crippen LogP contribution in [0.25, 0.3) is 44.1 Å². The Bertz CT molecular complexity index is 1310. The largest absolute Gasteiger partial charge is 0.455 e. The van der Waals surface area contributed by atoms with Gasteiger partial charge < -0.3 is 4.42 Å². The molecule has 5 aromatic rings. The Balaban J connectivity index is 2.07. The first kappa shape index (κ1) is 15.1. The van der Waals surface area contributed by atoms with Gasteiger partial charge in [0.1, 0.15) is 17.3 Å². The van der Waals surface area contributed by atoms with E-state index in [2.05, 4.69) is 61.0 Å². The number of nitrogens with zero attached hydrogens (tertiary/aromatic N) is 2. The number of para-hydroxylation sites is 1. The molecule has 126 valence electrons. The van der Waals surface area contributed by atoms with Crippen molar-refractivity contribution in [3.8, 4) is 11.4 Å². The molecule has 0 amide bonds. The predicted octanol–water partition coefficient (Wildman–Crippen LogP) is 5.24. The average molecular weight is 339 g/mol. The fourth-order valence-electron chi connectivity index (χ4n) is 3.99. The number of benzene rings is 3. The van der Waals surface area contributed by atoms with Crippen LogP contribution in [0.1, 0.15) is 11.1 Å². The summed E-state index contributed by atoms with van der Waals surface area (Å²) in [6, 6.07) is 16.8. The Labute approximate surface area is 151 Å². The lowest BCUT2D eigenvalue weighted by Crippen LogP contribution is -2.32. The molecule has 0 aliphatic carbocycles. The second-order valence-corrected chi connectivity index (χ2v) is 6.91. The summed E-state index contributed by atoms with van der Waals surface area (Å²) in [5, 5.41) is 4.78. The van der Waals surface area contributed by atoms with Crippen molar-refractivity contribution in [1.29, 1.82) is 0 Å². The smallest absolute Gasteiger partial charge is 0.334 e.